The van der Waals surface area contributed by atoms with Crippen LogP contribution in [-0.2, 0) is 7.05 Å². The van der Waals surface area contributed by atoms with Crippen LogP contribution in [0.4, 0.5) is 11.6 Å². The van der Waals surface area contributed by atoms with E-state index >= 15 is 0 Å². The lowest BCUT2D eigenvalue weighted by atomic mass is 10.2. The second-order valence-electron chi connectivity index (χ2n) is 7.40. The monoisotopic (exact) mass is 432 g/mol. The number of carbonyl (C=O) groups is 1. The highest BCUT2D eigenvalue weighted by Gasteiger charge is 2.15. The van der Waals surface area contributed by atoms with Gasteiger partial charge in [0.1, 0.15) is 18.1 Å². The van der Waals surface area contributed by atoms with Gasteiger partial charge >= 0.3 is 0 Å². The number of nitrogens with zero attached hydrogens (tertiary/aromatic N) is 5. The number of aryl methyl sites for hydroxylation is 1. The van der Waals surface area contributed by atoms with Gasteiger partial charge in [0, 0.05) is 50.7 Å². The van der Waals surface area contributed by atoms with Gasteiger partial charge in [0.25, 0.3) is 5.91 Å². The van der Waals surface area contributed by atoms with Gasteiger partial charge in [-0.2, -0.15) is 0 Å². The van der Waals surface area contributed by atoms with Crippen LogP contribution in [0.3, 0.4) is 0 Å². The third-order valence-corrected chi connectivity index (χ3v) is 4.94. The van der Waals surface area contributed by atoms with Crippen LogP contribution in [0.1, 0.15) is 10.5 Å². The van der Waals surface area contributed by atoms with Gasteiger partial charge in [0.2, 0.25) is 5.95 Å². The number of anilines is 2. The molecule has 2 N–H and O–H groups in total. The van der Waals surface area contributed by atoms with Crippen LogP contribution in [0, 0.1) is 0 Å². The van der Waals surface area contributed by atoms with Gasteiger partial charge in [0.05, 0.1) is 23.5 Å². The van der Waals surface area contributed by atoms with E-state index in [-0.39, 0.29) is 19.1 Å². The van der Waals surface area contributed by atoms with E-state index < -0.39 is 0 Å². The fourth-order valence-electron chi connectivity index (χ4n) is 3.34. The Morgan fingerprint density at radius 1 is 1.09 bits per heavy atom. The Morgan fingerprint density at radius 3 is 2.69 bits per heavy atom. The number of aromatic nitrogens is 4. The summed E-state index contributed by atoms with van der Waals surface area (Å²) in [5, 5.41) is 13.1. The van der Waals surface area contributed by atoms with Crippen molar-refractivity contribution in [1.29, 1.82) is 0 Å². The van der Waals surface area contributed by atoms with Crippen molar-refractivity contribution in [1.82, 2.24) is 24.4 Å². The number of amides is 1. The zero-order valence-electron chi connectivity index (χ0n) is 18.1. The Hall–Kier alpha value is -3.98. The lowest BCUT2D eigenvalue weighted by molar-refractivity contribution is 0.0819. The number of carbonyl (C=O) groups excluding carboxylic acids is 1. The average molecular weight is 432 g/mol. The standard InChI is InChI=1S/C23H24N6O3/c1-28(2)22(31)21-12-15-4-5-16(13-20(15)29(21)3)26-23-25-9-7-18(27-23)19-14-17(6-8-24-19)32-11-10-30/h4-9,12-14,30H,10-11H2,1-3H3,(H,25,26,27). The van der Waals surface area contributed by atoms with Crippen LogP contribution in [0.2, 0.25) is 0 Å². The lowest BCUT2D eigenvalue weighted by Crippen LogP contribution is -2.23. The predicted molar refractivity (Wildman–Crippen MR) is 122 cm³/mol. The molecular weight excluding hydrogens is 408 g/mol. The molecule has 1 amide bonds. The van der Waals surface area contributed by atoms with Crippen molar-refractivity contribution < 1.29 is 14.6 Å². The van der Waals surface area contributed by atoms with Gasteiger partial charge in [-0.3, -0.25) is 9.78 Å². The first-order chi connectivity index (χ1) is 15.5. The molecule has 9 heteroatoms. The second-order valence-corrected chi connectivity index (χ2v) is 7.40. The number of hydrogen-bond acceptors (Lipinski definition) is 7. The largest absolute Gasteiger partial charge is 0.491 e. The van der Waals surface area contributed by atoms with Crippen molar-refractivity contribution in [2.75, 3.05) is 32.6 Å². The summed E-state index contributed by atoms with van der Waals surface area (Å²) in [5.41, 5.74) is 3.61. The Balaban J connectivity index is 1.60. The summed E-state index contributed by atoms with van der Waals surface area (Å²) in [6.45, 7) is 0.152. The molecule has 1 aromatic carbocycles. The average Bonchev–Trinajstić information content (AvgIpc) is 3.13. The highest BCUT2D eigenvalue weighted by atomic mass is 16.5. The Morgan fingerprint density at radius 2 is 1.91 bits per heavy atom. The van der Waals surface area contributed by atoms with E-state index in [0.717, 1.165) is 16.6 Å². The van der Waals surface area contributed by atoms with Crippen LogP contribution in [0.15, 0.2) is 54.9 Å². The summed E-state index contributed by atoms with van der Waals surface area (Å²) >= 11 is 0. The fraction of sp³-hybridized carbons (Fsp3) is 0.217. The molecule has 0 aliphatic rings. The summed E-state index contributed by atoms with van der Waals surface area (Å²) in [5.74, 6) is 0.977. The minimum Gasteiger partial charge on any atom is -0.491 e. The van der Waals surface area contributed by atoms with E-state index in [1.165, 1.54) is 0 Å². The minimum atomic E-state index is -0.0600. The molecule has 0 unspecified atom stereocenters. The molecule has 164 valence electrons. The van der Waals surface area contributed by atoms with Crippen LogP contribution in [0.5, 0.6) is 5.75 Å². The first kappa shape index (κ1) is 21.3. The Bertz CT molecular complexity index is 1270. The molecule has 9 nitrogen and oxygen atoms in total. The zero-order valence-corrected chi connectivity index (χ0v) is 18.1. The highest BCUT2D eigenvalue weighted by molar-refractivity contribution is 5.99. The SMILES string of the molecule is CN(C)C(=O)c1cc2ccc(Nc3nccc(-c4cc(OCCO)ccn4)n3)cc2n1C. The third kappa shape index (κ3) is 4.37. The van der Waals surface area contributed by atoms with E-state index in [9.17, 15) is 4.79 Å². The highest BCUT2D eigenvalue weighted by Crippen LogP contribution is 2.26. The molecule has 0 aliphatic heterocycles. The summed E-state index contributed by atoms with van der Waals surface area (Å²) in [6, 6.07) is 13.0. The molecule has 0 saturated carbocycles. The van der Waals surface area contributed by atoms with Crippen LogP contribution >= 0.6 is 0 Å². The summed E-state index contributed by atoms with van der Waals surface area (Å²) in [4.78, 5) is 27.2. The normalized spacial score (nSPS) is 10.9. The van der Waals surface area contributed by atoms with Gasteiger partial charge in [0.15, 0.2) is 0 Å². The first-order valence-corrected chi connectivity index (χ1v) is 10.1. The lowest BCUT2D eigenvalue weighted by Gasteiger charge is -2.11. The maximum absolute atomic E-state index is 12.4. The van der Waals surface area contributed by atoms with Gasteiger partial charge in [-0.05, 0) is 30.3 Å². The molecule has 0 atom stereocenters. The molecule has 0 fully saturated rings. The molecule has 0 saturated heterocycles. The first-order valence-electron chi connectivity index (χ1n) is 10.1. The van der Waals surface area contributed by atoms with Crippen molar-refractivity contribution in [2.24, 2.45) is 7.05 Å². The van der Waals surface area contributed by atoms with E-state index in [1.54, 1.807) is 49.6 Å². The maximum Gasteiger partial charge on any atom is 0.269 e. The molecular formula is C23H24N6O3. The number of nitrogens with one attached hydrogen (secondary N) is 1. The molecule has 4 aromatic rings. The number of rotatable bonds is 7. The number of benzene rings is 1. The summed E-state index contributed by atoms with van der Waals surface area (Å²) in [6.07, 6.45) is 3.29. The summed E-state index contributed by atoms with van der Waals surface area (Å²) < 4.78 is 7.33. The van der Waals surface area contributed by atoms with Crippen LogP contribution < -0.4 is 10.1 Å². The van der Waals surface area contributed by atoms with E-state index in [2.05, 4.69) is 20.3 Å². The van der Waals surface area contributed by atoms with Gasteiger partial charge in [-0.15, -0.1) is 0 Å². The van der Waals surface area contributed by atoms with E-state index in [0.29, 0.717) is 28.8 Å². The Kier molecular flexibility index (Phi) is 6.00. The fourth-order valence-corrected chi connectivity index (χ4v) is 3.34. The smallest absolute Gasteiger partial charge is 0.269 e. The van der Waals surface area contributed by atoms with Crippen LogP contribution in [0.25, 0.3) is 22.3 Å². The molecule has 4 rings (SSSR count). The maximum atomic E-state index is 12.4. The third-order valence-electron chi connectivity index (χ3n) is 4.94. The molecule has 32 heavy (non-hydrogen) atoms. The minimum absolute atomic E-state index is 0.0491. The quantitative estimate of drug-likeness (QED) is 0.463. The molecule has 0 spiro atoms. The van der Waals surface area contributed by atoms with Crippen molar-refractivity contribution in [3.8, 4) is 17.1 Å². The molecule has 3 heterocycles. The molecule has 0 aliphatic carbocycles. The number of pyridine rings is 1. The zero-order chi connectivity index (χ0) is 22.7. The van der Waals surface area contributed by atoms with Gasteiger partial charge < -0.3 is 24.6 Å². The van der Waals surface area contributed by atoms with E-state index in [4.69, 9.17) is 9.84 Å². The van der Waals surface area contributed by atoms with Crippen molar-refractivity contribution in [3.05, 3.63) is 60.6 Å². The van der Waals surface area contributed by atoms with E-state index in [1.807, 2.05) is 35.9 Å². The van der Waals surface area contributed by atoms with Crippen molar-refractivity contribution >= 4 is 28.4 Å². The summed E-state index contributed by atoms with van der Waals surface area (Å²) in [7, 11) is 5.35. The molecule has 0 bridgehead atoms. The molecule has 3 aromatic heterocycles. The van der Waals surface area contributed by atoms with Crippen molar-refractivity contribution in [3.63, 3.8) is 0 Å². The second kappa shape index (κ2) is 9.03. The van der Waals surface area contributed by atoms with Gasteiger partial charge in [-0.25, -0.2) is 9.97 Å². The number of aliphatic hydroxyl groups excluding tert-OH is 1. The number of hydrogen-bond donors (Lipinski definition) is 2. The Labute approximate surface area is 185 Å². The van der Waals surface area contributed by atoms with Gasteiger partial charge in [-0.1, -0.05) is 6.07 Å². The predicted octanol–water partition coefficient (Wildman–Crippen LogP) is 2.85. The number of ether oxygens (including phenoxy) is 1. The number of fused-ring (bicyclic) bond motifs is 1. The number of aliphatic hydroxyl groups is 1. The topological polar surface area (TPSA) is 105 Å². The van der Waals surface area contributed by atoms with Crippen molar-refractivity contribution in [2.45, 2.75) is 0 Å². The molecule has 0 radical (unpaired) electrons. The van der Waals surface area contributed by atoms with Crippen LogP contribution in [-0.4, -0.2) is 62.7 Å².